The first-order valence-electron chi connectivity index (χ1n) is 11.0. The van der Waals surface area contributed by atoms with Gasteiger partial charge in [-0.3, -0.25) is 9.36 Å². The van der Waals surface area contributed by atoms with Gasteiger partial charge in [0.25, 0.3) is 5.56 Å². The van der Waals surface area contributed by atoms with E-state index in [-0.39, 0.29) is 11.4 Å². The van der Waals surface area contributed by atoms with Crippen LogP contribution in [0.25, 0.3) is 10.9 Å². The first kappa shape index (κ1) is 21.4. The van der Waals surface area contributed by atoms with Crippen LogP contribution in [0.2, 0.25) is 0 Å². The third-order valence-electron chi connectivity index (χ3n) is 6.58. The Morgan fingerprint density at radius 2 is 2.06 bits per heavy atom. The third kappa shape index (κ3) is 3.81. The van der Waals surface area contributed by atoms with Gasteiger partial charge in [-0.15, -0.1) is 0 Å². The van der Waals surface area contributed by atoms with E-state index in [1.807, 2.05) is 4.90 Å². The molecule has 2 aliphatic rings. The minimum atomic E-state index is -0.666. The number of halogens is 1. The van der Waals surface area contributed by atoms with Crippen molar-refractivity contribution in [1.29, 1.82) is 5.26 Å². The van der Waals surface area contributed by atoms with E-state index in [9.17, 15) is 9.59 Å². The molecule has 9 heteroatoms. The molecule has 2 heterocycles. The molecule has 1 aromatic carbocycles. The van der Waals surface area contributed by atoms with Crippen molar-refractivity contribution < 1.29 is 4.39 Å². The lowest BCUT2D eigenvalue weighted by atomic mass is 10.1. The Morgan fingerprint density at radius 1 is 1.32 bits per heavy atom. The predicted octanol–water partition coefficient (Wildman–Crippen LogP) is 1.72. The first-order chi connectivity index (χ1) is 14.9. The van der Waals surface area contributed by atoms with E-state index in [2.05, 4.69) is 17.9 Å². The molecular weight excluding hydrogens is 399 g/mol. The summed E-state index contributed by atoms with van der Waals surface area (Å²) in [6.07, 6.45) is 3.13. The number of nitrogen functional groups attached to an aromatic ring is 1. The molecule has 0 amide bonds. The van der Waals surface area contributed by atoms with Crippen molar-refractivity contribution in [1.82, 2.24) is 14.1 Å². The molecule has 1 unspecified atom stereocenters. The largest absolute Gasteiger partial charge is 0.369 e. The number of hydrogen-bond acceptors (Lipinski definition) is 6. The summed E-state index contributed by atoms with van der Waals surface area (Å²) in [7, 11) is 0. The molecule has 1 aliphatic heterocycles. The predicted molar refractivity (Wildman–Crippen MR) is 118 cm³/mol. The number of anilines is 1. The molecule has 2 fully saturated rings. The highest BCUT2D eigenvalue weighted by molar-refractivity contribution is 5.87. The first-order valence-corrected chi connectivity index (χ1v) is 11.0. The molecule has 1 saturated heterocycles. The van der Waals surface area contributed by atoms with E-state index in [0.29, 0.717) is 46.9 Å². The summed E-state index contributed by atoms with van der Waals surface area (Å²) >= 11 is 0. The molecular formula is C22H29FN6O2. The van der Waals surface area contributed by atoms with E-state index in [1.54, 1.807) is 11.5 Å². The number of aryl methyl sites for hydroxylation is 1. The Morgan fingerprint density at radius 3 is 2.71 bits per heavy atom. The van der Waals surface area contributed by atoms with Crippen LogP contribution in [0.1, 0.15) is 44.2 Å². The molecule has 0 spiro atoms. The van der Waals surface area contributed by atoms with Crippen molar-refractivity contribution in [2.24, 2.45) is 5.92 Å². The Labute approximate surface area is 180 Å². The van der Waals surface area contributed by atoms with E-state index >= 15 is 4.39 Å². The molecule has 2 N–H and O–H groups in total. The summed E-state index contributed by atoms with van der Waals surface area (Å²) in [6, 6.07) is 3.43. The zero-order chi connectivity index (χ0) is 22.3. The zero-order valence-electron chi connectivity index (χ0n) is 18.1. The van der Waals surface area contributed by atoms with Crippen LogP contribution in [-0.4, -0.2) is 46.9 Å². The maximum Gasteiger partial charge on any atom is 0.350 e. The van der Waals surface area contributed by atoms with Crippen LogP contribution in [0.15, 0.2) is 15.7 Å². The average Bonchev–Trinajstić information content (AvgIpc) is 3.49. The number of nitrogens with zero attached hydrogens (tertiary/aromatic N) is 5. The normalized spacial score (nSPS) is 18.8. The van der Waals surface area contributed by atoms with Crippen molar-refractivity contribution in [3.8, 4) is 6.07 Å². The van der Waals surface area contributed by atoms with E-state index in [4.69, 9.17) is 11.1 Å². The summed E-state index contributed by atoms with van der Waals surface area (Å²) < 4.78 is 17.4. The maximum atomic E-state index is 15.3. The SMILES string of the molecule is CCN(CCC#N)CC1CCN(c2c(F)cc3c(=O)n(N)c(=O)n(C4CC4)c3c2C)C1. The number of aromatic nitrogens is 2. The lowest BCUT2D eigenvalue weighted by Gasteiger charge is -2.26. The van der Waals surface area contributed by atoms with Crippen LogP contribution in [0.4, 0.5) is 10.1 Å². The molecule has 1 aliphatic carbocycles. The highest BCUT2D eigenvalue weighted by atomic mass is 19.1. The van der Waals surface area contributed by atoms with Gasteiger partial charge in [0, 0.05) is 44.2 Å². The molecule has 8 nitrogen and oxygen atoms in total. The lowest BCUT2D eigenvalue weighted by molar-refractivity contribution is 0.254. The second-order valence-corrected chi connectivity index (χ2v) is 8.69. The number of rotatable bonds is 7. The van der Waals surface area contributed by atoms with Gasteiger partial charge < -0.3 is 15.6 Å². The third-order valence-corrected chi connectivity index (χ3v) is 6.58. The standard InChI is InChI=1S/C22H29FN6O2/c1-3-26(9-4-8-24)12-15-7-10-27(13-15)20-14(2)19-17(11-18(20)23)21(30)29(25)22(31)28(19)16-5-6-16/h11,15-16H,3-7,9-10,12-13,25H2,1-2H3. The molecule has 31 heavy (non-hydrogen) atoms. The zero-order valence-corrected chi connectivity index (χ0v) is 18.1. The van der Waals surface area contributed by atoms with Gasteiger partial charge in [-0.2, -0.15) is 9.94 Å². The summed E-state index contributed by atoms with van der Waals surface area (Å²) in [5, 5.41) is 9.00. The quantitative estimate of drug-likeness (QED) is 0.674. The molecule has 0 radical (unpaired) electrons. The smallest absolute Gasteiger partial charge is 0.350 e. The second kappa shape index (κ2) is 8.35. The van der Waals surface area contributed by atoms with E-state index in [1.165, 1.54) is 6.07 Å². The van der Waals surface area contributed by atoms with Crippen LogP contribution in [-0.2, 0) is 0 Å². The molecule has 2 aromatic rings. The summed E-state index contributed by atoms with van der Waals surface area (Å²) in [5.74, 6) is 5.61. The summed E-state index contributed by atoms with van der Waals surface area (Å²) in [6.45, 7) is 7.77. The molecule has 1 atom stereocenters. The van der Waals surface area contributed by atoms with Gasteiger partial charge in [-0.25, -0.2) is 9.18 Å². The number of hydrogen-bond donors (Lipinski definition) is 1. The van der Waals surface area contributed by atoms with Gasteiger partial charge in [0.1, 0.15) is 5.82 Å². The Bertz CT molecular complexity index is 1160. The molecule has 4 rings (SSSR count). The molecule has 0 bridgehead atoms. The number of nitriles is 1. The summed E-state index contributed by atoms with van der Waals surface area (Å²) in [4.78, 5) is 29.6. The number of fused-ring (bicyclic) bond motifs is 1. The summed E-state index contributed by atoms with van der Waals surface area (Å²) in [5.41, 5.74) is 0.382. The second-order valence-electron chi connectivity index (χ2n) is 8.69. The van der Waals surface area contributed by atoms with Gasteiger partial charge in [0.05, 0.1) is 22.7 Å². The van der Waals surface area contributed by atoms with Crippen molar-refractivity contribution in [2.75, 3.05) is 43.5 Å². The number of benzene rings is 1. The van der Waals surface area contributed by atoms with Crippen LogP contribution in [0.5, 0.6) is 0 Å². The van der Waals surface area contributed by atoms with Crippen molar-refractivity contribution in [3.63, 3.8) is 0 Å². The van der Waals surface area contributed by atoms with Crippen LogP contribution >= 0.6 is 0 Å². The highest BCUT2D eigenvalue weighted by Crippen LogP contribution is 2.39. The average molecular weight is 429 g/mol. The van der Waals surface area contributed by atoms with Gasteiger partial charge in [-0.05, 0) is 44.7 Å². The van der Waals surface area contributed by atoms with E-state index in [0.717, 1.165) is 38.9 Å². The highest BCUT2D eigenvalue weighted by Gasteiger charge is 2.32. The Kier molecular flexibility index (Phi) is 5.75. The van der Waals surface area contributed by atoms with Gasteiger partial charge >= 0.3 is 5.69 Å². The Hall–Kier alpha value is -2.86. The minimum absolute atomic E-state index is 0.00647. The van der Waals surface area contributed by atoms with Gasteiger partial charge in [-0.1, -0.05) is 6.92 Å². The monoisotopic (exact) mass is 428 g/mol. The van der Waals surface area contributed by atoms with Crippen LogP contribution in [0.3, 0.4) is 0 Å². The fourth-order valence-electron chi connectivity index (χ4n) is 4.85. The Balaban J connectivity index is 1.70. The minimum Gasteiger partial charge on any atom is -0.369 e. The topological polar surface area (TPSA) is 100 Å². The van der Waals surface area contributed by atoms with Crippen LogP contribution < -0.4 is 22.0 Å². The van der Waals surface area contributed by atoms with Gasteiger partial charge in [0.15, 0.2) is 0 Å². The fraction of sp³-hybridized carbons (Fsp3) is 0.591. The van der Waals surface area contributed by atoms with E-state index < -0.39 is 17.1 Å². The molecule has 1 aromatic heterocycles. The fourth-order valence-corrected chi connectivity index (χ4v) is 4.85. The maximum absolute atomic E-state index is 15.3. The lowest BCUT2D eigenvalue weighted by Crippen LogP contribution is -2.44. The van der Waals surface area contributed by atoms with Crippen LogP contribution in [0, 0.1) is 30.0 Å². The molecule has 1 saturated carbocycles. The van der Waals surface area contributed by atoms with Gasteiger partial charge in [0.2, 0.25) is 0 Å². The van der Waals surface area contributed by atoms with Crippen molar-refractivity contribution in [3.05, 3.63) is 38.3 Å². The number of nitrogens with two attached hydrogens (primary N) is 1. The molecule has 166 valence electrons. The van der Waals surface area contributed by atoms with Crippen molar-refractivity contribution in [2.45, 2.75) is 45.6 Å². The van der Waals surface area contributed by atoms with Crippen molar-refractivity contribution >= 4 is 16.6 Å².